The standard InChI is InChI=1S/C14H32N2O8/c17-6-11(21)1-10(15-2-12(22)7-18)3-16(4-13(23)8-19)5-14(24)9-20/h10-15,17-24H,1-9H2. The molecule has 0 saturated carbocycles. The fourth-order valence-electron chi connectivity index (χ4n) is 2.24. The highest BCUT2D eigenvalue weighted by Crippen LogP contribution is 2.05. The lowest BCUT2D eigenvalue weighted by Crippen LogP contribution is -2.50. The molecule has 10 nitrogen and oxygen atoms in total. The average molecular weight is 356 g/mol. The van der Waals surface area contributed by atoms with E-state index < -0.39 is 56.9 Å². The fourth-order valence-corrected chi connectivity index (χ4v) is 2.24. The maximum atomic E-state index is 9.62. The van der Waals surface area contributed by atoms with E-state index in [1.807, 2.05) is 0 Å². The smallest absolute Gasteiger partial charge is 0.0897 e. The summed E-state index contributed by atoms with van der Waals surface area (Å²) in [5, 5.41) is 76.9. The molecule has 0 heterocycles. The Hall–Kier alpha value is -0.400. The number of nitrogens with one attached hydrogen (secondary N) is 1. The van der Waals surface area contributed by atoms with Crippen LogP contribution in [0.4, 0.5) is 0 Å². The molecule has 0 fully saturated rings. The number of aliphatic hydroxyl groups is 8. The molecule has 9 N–H and O–H groups in total. The molecule has 146 valence electrons. The monoisotopic (exact) mass is 356 g/mol. The van der Waals surface area contributed by atoms with Crippen molar-refractivity contribution in [2.45, 2.75) is 36.9 Å². The lowest BCUT2D eigenvalue weighted by Gasteiger charge is -2.31. The molecule has 5 unspecified atom stereocenters. The van der Waals surface area contributed by atoms with Gasteiger partial charge in [-0.15, -0.1) is 0 Å². The van der Waals surface area contributed by atoms with Gasteiger partial charge in [0.2, 0.25) is 0 Å². The van der Waals surface area contributed by atoms with Gasteiger partial charge in [0, 0.05) is 32.2 Å². The van der Waals surface area contributed by atoms with Gasteiger partial charge < -0.3 is 46.2 Å². The Morgan fingerprint density at radius 1 is 0.625 bits per heavy atom. The van der Waals surface area contributed by atoms with Crippen molar-refractivity contribution in [1.29, 1.82) is 0 Å². The summed E-state index contributed by atoms with van der Waals surface area (Å²) < 4.78 is 0. The van der Waals surface area contributed by atoms with E-state index in [4.69, 9.17) is 20.4 Å². The van der Waals surface area contributed by atoms with E-state index in [0.29, 0.717) is 0 Å². The van der Waals surface area contributed by atoms with Crippen molar-refractivity contribution in [3.63, 3.8) is 0 Å². The molecule has 0 aliphatic heterocycles. The summed E-state index contributed by atoms with van der Waals surface area (Å²) in [6.07, 6.45) is -3.93. The van der Waals surface area contributed by atoms with E-state index in [1.54, 1.807) is 4.90 Å². The van der Waals surface area contributed by atoms with Crippen LogP contribution in [0, 0.1) is 0 Å². The summed E-state index contributed by atoms with van der Waals surface area (Å²) in [5.74, 6) is 0. The molecule has 0 bridgehead atoms. The van der Waals surface area contributed by atoms with Crippen LogP contribution in [0.5, 0.6) is 0 Å². The van der Waals surface area contributed by atoms with Crippen molar-refractivity contribution in [3.05, 3.63) is 0 Å². The van der Waals surface area contributed by atoms with Gasteiger partial charge in [0.1, 0.15) is 0 Å². The summed E-state index contributed by atoms with van der Waals surface area (Å²) in [5.41, 5.74) is 0. The highest BCUT2D eigenvalue weighted by molar-refractivity contribution is 4.79. The van der Waals surface area contributed by atoms with E-state index in [9.17, 15) is 20.4 Å². The maximum absolute atomic E-state index is 9.62. The van der Waals surface area contributed by atoms with Crippen LogP contribution in [0.1, 0.15) is 6.42 Å². The second-order valence-electron chi connectivity index (χ2n) is 5.91. The van der Waals surface area contributed by atoms with Gasteiger partial charge in [0.15, 0.2) is 0 Å². The van der Waals surface area contributed by atoms with E-state index in [-0.39, 0.29) is 32.6 Å². The van der Waals surface area contributed by atoms with Crippen LogP contribution >= 0.6 is 0 Å². The van der Waals surface area contributed by atoms with Gasteiger partial charge in [-0.25, -0.2) is 0 Å². The number of rotatable bonds is 15. The minimum absolute atomic E-state index is 0.0313. The summed E-state index contributed by atoms with van der Waals surface area (Å²) >= 11 is 0. The Labute approximate surface area is 141 Å². The third-order valence-corrected chi connectivity index (χ3v) is 3.46. The molecule has 0 rings (SSSR count). The van der Waals surface area contributed by atoms with Gasteiger partial charge in [0.25, 0.3) is 0 Å². The first-order valence-electron chi connectivity index (χ1n) is 7.97. The van der Waals surface area contributed by atoms with Gasteiger partial charge >= 0.3 is 0 Å². The van der Waals surface area contributed by atoms with Gasteiger partial charge in [0.05, 0.1) is 50.8 Å². The molecule has 0 aliphatic rings. The predicted molar refractivity (Wildman–Crippen MR) is 85.2 cm³/mol. The minimum Gasteiger partial charge on any atom is -0.394 e. The first-order chi connectivity index (χ1) is 11.4. The van der Waals surface area contributed by atoms with Crippen LogP contribution in [-0.4, -0.2) is 129 Å². The molecule has 0 aromatic heterocycles. The average Bonchev–Trinajstić information content (AvgIpc) is 2.58. The normalized spacial score (nSPS) is 18.4. The van der Waals surface area contributed by atoms with Crippen LogP contribution in [0.15, 0.2) is 0 Å². The summed E-state index contributed by atoms with van der Waals surface area (Å²) in [6.45, 7) is -1.48. The first-order valence-corrected chi connectivity index (χ1v) is 7.97. The van der Waals surface area contributed by atoms with Crippen LogP contribution in [0.2, 0.25) is 0 Å². The largest absolute Gasteiger partial charge is 0.394 e. The van der Waals surface area contributed by atoms with Gasteiger partial charge in [-0.05, 0) is 6.42 Å². The number of hydrogen-bond donors (Lipinski definition) is 9. The minimum atomic E-state index is -1.04. The van der Waals surface area contributed by atoms with E-state index >= 15 is 0 Å². The zero-order valence-electron chi connectivity index (χ0n) is 13.8. The number of nitrogens with zero attached hydrogens (tertiary/aromatic N) is 1. The zero-order valence-corrected chi connectivity index (χ0v) is 13.8. The molecule has 0 amide bonds. The quantitative estimate of drug-likeness (QED) is 0.138. The summed E-state index contributed by atoms with van der Waals surface area (Å²) in [7, 11) is 0. The topological polar surface area (TPSA) is 177 Å². The lowest BCUT2D eigenvalue weighted by molar-refractivity contribution is 0.0138. The molecule has 5 atom stereocenters. The Morgan fingerprint density at radius 2 is 1.08 bits per heavy atom. The van der Waals surface area contributed by atoms with Crippen molar-refractivity contribution >= 4 is 0 Å². The zero-order chi connectivity index (χ0) is 18.5. The van der Waals surface area contributed by atoms with Gasteiger partial charge in [-0.3, -0.25) is 4.90 Å². The van der Waals surface area contributed by atoms with Crippen molar-refractivity contribution in [2.24, 2.45) is 0 Å². The Bertz CT molecular complexity index is 288. The van der Waals surface area contributed by atoms with Crippen LogP contribution < -0.4 is 5.32 Å². The first kappa shape index (κ1) is 23.6. The molecule has 24 heavy (non-hydrogen) atoms. The summed E-state index contributed by atoms with van der Waals surface area (Å²) in [6, 6.07) is -0.426. The van der Waals surface area contributed by atoms with E-state index in [0.717, 1.165) is 0 Å². The molecular formula is C14H32N2O8. The van der Waals surface area contributed by atoms with Crippen molar-refractivity contribution in [2.75, 3.05) is 52.6 Å². The summed E-state index contributed by atoms with van der Waals surface area (Å²) in [4.78, 5) is 1.59. The Kier molecular flexibility index (Phi) is 13.6. The Balaban J connectivity index is 4.80. The lowest BCUT2D eigenvalue weighted by atomic mass is 10.1. The van der Waals surface area contributed by atoms with E-state index in [2.05, 4.69) is 5.32 Å². The third kappa shape index (κ3) is 11.2. The molecule has 10 heteroatoms. The molecule has 0 aliphatic carbocycles. The third-order valence-electron chi connectivity index (χ3n) is 3.46. The van der Waals surface area contributed by atoms with E-state index in [1.165, 1.54) is 0 Å². The van der Waals surface area contributed by atoms with Gasteiger partial charge in [-0.2, -0.15) is 0 Å². The second-order valence-corrected chi connectivity index (χ2v) is 5.91. The molecule has 0 spiro atoms. The molecule has 0 saturated heterocycles. The van der Waals surface area contributed by atoms with Crippen LogP contribution in [0.3, 0.4) is 0 Å². The highest BCUT2D eigenvalue weighted by atomic mass is 16.3. The van der Waals surface area contributed by atoms with Crippen molar-refractivity contribution in [1.82, 2.24) is 10.2 Å². The van der Waals surface area contributed by atoms with Crippen LogP contribution in [-0.2, 0) is 0 Å². The van der Waals surface area contributed by atoms with Gasteiger partial charge in [-0.1, -0.05) is 0 Å². The van der Waals surface area contributed by atoms with Crippen LogP contribution in [0.25, 0.3) is 0 Å². The predicted octanol–water partition coefficient (Wildman–Crippen LogP) is -4.95. The second kappa shape index (κ2) is 13.8. The molecule has 0 aromatic rings. The molecule has 0 aromatic carbocycles. The number of hydrogen-bond acceptors (Lipinski definition) is 10. The molecule has 0 radical (unpaired) electrons. The fraction of sp³-hybridized carbons (Fsp3) is 1.00. The van der Waals surface area contributed by atoms with Crippen molar-refractivity contribution < 1.29 is 40.9 Å². The van der Waals surface area contributed by atoms with Crippen molar-refractivity contribution in [3.8, 4) is 0 Å². The highest BCUT2D eigenvalue weighted by Gasteiger charge is 2.22. The Morgan fingerprint density at radius 3 is 1.50 bits per heavy atom. The molecular weight excluding hydrogens is 324 g/mol. The maximum Gasteiger partial charge on any atom is 0.0897 e. The number of aliphatic hydroxyl groups excluding tert-OH is 8. The SMILES string of the molecule is OCC(O)CNC(CC(O)CO)CN(CC(O)CO)CC(O)CO.